The zero-order valence-corrected chi connectivity index (χ0v) is 12.1. The molecule has 0 radical (unpaired) electrons. The molecule has 3 heteroatoms. The lowest BCUT2D eigenvalue weighted by molar-refractivity contribution is 0.270. The molecule has 1 aromatic heterocycles. The van der Waals surface area contributed by atoms with Gasteiger partial charge in [0.1, 0.15) is 0 Å². The first kappa shape index (κ1) is 13.5. The summed E-state index contributed by atoms with van der Waals surface area (Å²) in [5.74, 6) is 0. The molecular weight excluding hydrogens is 240 g/mol. The molecule has 1 fully saturated rings. The molecule has 1 saturated carbocycles. The van der Waals surface area contributed by atoms with E-state index >= 15 is 0 Å². The van der Waals surface area contributed by atoms with Crippen LogP contribution in [-0.2, 0) is 6.42 Å². The molecule has 2 rings (SSSR count). The van der Waals surface area contributed by atoms with Crippen LogP contribution >= 0.6 is 11.3 Å². The van der Waals surface area contributed by atoms with Crippen molar-refractivity contribution in [1.29, 1.82) is 5.26 Å². The van der Waals surface area contributed by atoms with E-state index in [1.54, 1.807) is 11.3 Å². The topological polar surface area (TPSA) is 36.7 Å². The van der Waals surface area contributed by atoms with E-state index in [2.05, 4.69) is 18.0 Å². The number of hydrogen-bond acceptors (Lipinski definition) is 3. The first-order chi connectivity index (χ1) is 8.76. The van der Waals surface area contributed by atoms with Gasteiger partial charge in [0, 0.05) is 4.88 Å². The van der Waals surface area contributed by atoms with E-state index in [9.17, 15) is 5.26 Å². The Bertz CT molecular complexity index is 408. The summed E-state index contributed by atoms with van der Waals surface area (Å²) in [6, 6.07) is 2.65. The third-order valence-electron chi connectivity index (χ3n) is 4.22. The van der Waals surface area contributed by atoms with Gasteiger partial charge in [-0.25, -0.2) is 4.98 Å². The summed E-state index contributed by atoms with van der Waals surface area (Å²) in [5.41, 5.74) is 3.01. The molecule has 1 heterocycles. The standard InChI is InChI=1S/C15H22N2S/c1-13-14(18-12-17-13)7-10-15(11-16)8-5-3-2-4-6-9-15/h12H,2-10H2,1H3. The molecule has 98 valence electrons. The maximum Gasteiger partial charge on any atom is 0.0797 e. The maximum atomic E-state index is 9.59. The Morgan fingerprint density at radius 3 is 2.50 bits per heavy atom. The van der Waals surface area contributed by atoms with E-state index in [1.165, 1.54) is 37.0 Å². The van der Waals surface area contributed by atoms with E-state index in [4.69, 9.17) is 0 Å². The average Bonchev–Trinajstić information content (AvgIpc) is 2.75. The van der Waals surface area contributed by atoms with Gasteiger partial charge in [0.15, 0.2) is 0 Å². The second kappa shape index (κ2) is 6.33. The molecule has 0 amide bonds. The summed E-state index contributed by atoms with van der Waals surface area (Å²) in [6.07, 6.45) is 10.7. The number of aryl methyl sites for hydroxylation is 2. The molecule has 18 heavy (non-hydrogen) atoms. The molecule has 1 aliphatic carbocycles. The van der Waals surface area contributed by atoms with Gasteiger partial charge in [-0.15, -0.1) is 11.3 Å². The summed E-state index contributed by atoms with van der Waals surface area (Å²) in [5, 5.41) is 9.59. The average molecular weight is 262 g/mol. The van der Waals surface area contributed by atoms with Crippen LogP contribution in [0.15, 0.2) is 5.51 Å². The third-order valence-corrected chi connectivity index (χ3v) is 5.22. The van der Waals surface area contributed by atoms with Gasteiger partial charge < -0.3 is 0 Å². The van der Waals surface area contributed by atoms with Crippen molar-refractivity contribution < 1.29 is 0 Å². The number of aromatic nitrogens is 1. The molecule has 0 aromatic carbocycles. The van der Waals surface area contributed by atoms with Crippen molar-refractivity contribution in [3.8, 4) is 6.07 Å². The van der Waals surface area contributed by atoms with Crippen molar-refractivity contribution in [1.82, 2.24) is 4.98 Å². The molecular formula is C15H22N2S. The predicted octanol–water partition coefficient (Wildman–Crippen LogP) is 4.64. The molecule has 1 aliphatic rings. The van der Waals surface area contributed by atoms with Crippen LogP contribution in [-0.4, -0.2) is 4.98 Å². The van der Waals surface area contributed by atoms with Crippen LogP contribution in [0.1, 0.15) is 61.9 Å². The van der Waals surface area contributed by atoms with Gasteiger partial charge in [-0.3, -0.25) is 0 Å². The number of nitrogens with zero attached hydrogens (tertiary/aromatic N) is 2. The zero-order valence-electron chi connectivity index (χ0n) is 11.2. The minimum Gasteiger partial charge on any atom is -0.250 e. The van der Waals surface area contributed by atoms with Crippen LogP contribution in [0.3, 0.4) is 0 Å². The highest BCUT2D eigenvalue weighted by molar-refractivity contribution is 7.09. The highest BCUT2D eigenvalue weighted by Crippen LogP contribution is 2.38. The summed E-state index contributed by atoms with van der Waals surface area (Å²) in [4.78, 5) is 5.67. The van der Waals surface area contributed by atoms with Crippen molar-refractivity contribution in [2.24, 2.45) is 5.41 Å². The van der Waals surface area contributed by atoms with Crippen molar-refractivity contribution in [2.75, 3.05) is 0 Å². The zero-order chi connectivity index (χ0) is 12.8. The van der Waals surface area contributed by atoms with Gasteiger partial charge in [-0.2, -0.15) is 5.26 Å². The Balaban J connectivity index is 1.98. The summed E-state index contributed by atoms with van der Waals surface area (Å²) < 4.78 is 0. The number of thiazole rings is 1. The van der Waals surface area contributed by atoms with Crippen LogP contribution in [0.4, 0.5) is 0 Å². The second-order valence-electron chi connectivity index (χ2n) is 5.52. The first-order valence-corrected chi connectivity index (χ1v) is 7.94. The van der Waals surface area contributed by atoms with Gasteiger partial charge in [0.05, 0.1) is 22.7 Å². The van der Waals surface area contributed by atoms with Gasteiger partial charge in [0.2, 0.25) is 0 Å². The smallest absolute Gasteiger partial charge is 0.0797 e. The van der Waals surface area contributed by atoms with Gasteiger partial charge in [-0.05, 0) is 32.6 Å². The van der Waals surface area contributed by atoms with Crippen LogP contribution in [0.2, 0.25) is 0 Å². The molecule has 2 nitrogen and oxygen atoms in total. The molecule has 0 unspecified atom stereocenters. The highest BCUT2D eigenvalue weighted by Gasteiger charge is 2.30. The van der Waals surface area contributed by atoms with E-state index < -0.39 is 0 Å². The summed E-state index contributed by atoms with van der Waals surface area (Å²) >= 11 is 1.74. The minimum absolute atomic E-state index is 0.0587. The SMILES string of the molecule is Cc1ncsc1CCC1(C#N)CCCCCCC1. The number of hydrogen-bond donors (Lipinski definition) is 0. The Hall–Kier alpha value is -0.880. The van der Waals surface area contributed by atoms with Crippen LogP contribution in [0.25, 0.3) is 0 Å². The fourth-order valence-corrected chi connectivity index (χ4v) is 3.70. The fourth-order valence-electron chi connectivity index (χ4n) is 2.92. The van der Waals surface area contributed by atoms with Crippen molar-refractivity contribution >= 4 is 11.3 Å². The molecule has 0 spiro atoms. The Labute approximate surface area is 114 Å². The Morgan fingerprint density at radius 1 is 1.28 bits per heavy atom. The molecule has 0 bridgehead atoms. The summed E-state index contributed by atoms with van der Waals surface area (Å²) in [6.45, 7) is 2.07. The predicted molar refractivity (Wildman–Crippen MR) is 75.5 cm³/mol. The van der Waals surface area contributed by atoms with E-state index in [0.29, 0.717) is 0 Å². The monoisotopic (exact) mass is 262 g/mol. The summed E-state index contributed by atoms with van der Waals surface area (Å²) in [7, 11) is 0. The third kappa shape index (κ3) is 3.32. The normalized spacial score (nSPS) is 19.8. The maximum absolute atomic E-state index is 9.59. The van der Waals surface area contributed by atoms with Crippen molar-refractivity contribution in [3.63, 3.8) is 0 Å². The molecule has 0 N–H and O–H groups in total. The largest absolute Gasteiger partial charge is 0.250 e. The second-order valence-corrected chi connectivity index (χ2v) is 6.46. The molecule has 1 aromatic rings. The van der Waals surface area contributed by atoms with Gasteiger partial charge in [0.25, 0.3) is 0 Å². The van der Waals surface area contributed by atoms with E-state index in [1.807, 2.05) is 5.51 Å². The molecule has 0 saturated heterocycles. The molecule has 0 atom stereocenters. The first-order valence-electron chi connectivity index (χ1n) is 7.06. The Kier molecular flexibility index (Phi) is 4.77. The lowest BCUT2D eigenvalue weighted by Crippen LogP contribution is -2.21. The van der Waals surface area contributed by atoms with Crippen molar-refractivity contribution in [3.05, 3.63) is 16.1 Å². The molecule has 0 aliphatic heterocycles. The van der Waals surface area contributed by atoms with Crippen molar-refractivity contribution in [2.45, 2.75) is 64.7 Å². The van der Waals surface area contributed by atoms with Crippen LogP contribution in [0, 0.1) is 23.7 Å². The van der Waals surface area contributed by atoms with Crippen LogP contribution in [0.5, 0.6) is 0 Å². The fraction of sp³-hybridized carbons (Fsp3) is 0.733. The van der Waals surface area contributed by atoms with Gasteiger partial charge >= 0.3 is 0 Å². The van der Waals surface area contributed by atoms with E-state index in [-0.39, 0.29) is 5.41 Å². The lowest BCUT2D eigenvalue weighted by Gasteiger charge is -2.28. The van der Waals surface area contributed by atoms with Gasteiger partial charge in [-0.1, -0.05) is 32.1 Å². The Morgan fingerprint density at radius 2 is 1.94 bits per heavy atom. The van der Waals surface area contributed by atoms with E-state index in [0.717, 1.165) is 31.4 Å². The minimum atomic E-state index is -0.0587. The number of nitriles is 1. The van der Waals surface area contributed by atoms with Crippen LogP contribution < -0.4 is 0 Å². The number of rotatable bonds is 3. The lowest BCUT2D eigenvalue weighted by atomic mass is 9.74. The highest BCUT2D eigenvalue weighted by atomic mass is 32.1. The quantitative estimate of drug-likeness (QED) is 0.795.